The van der Waals surface area contributed by atoms with Gasteiger partial charge in [0.25, 0.3) is 0 Å². The van der Waals surface area contributed by atoms with Crippen LogP contribution < -0.4 is 0 Å². The molecular weight excluding hydrogens is 701 g/mol. The van der Waals surface area contributed by atoms with Crippen molar-refractivity contribution in [2.75, 3.05) is 0 Å². The molecule has 0 N–H and O–H groups in total. The van der Waals surface area contributed by atoms with E-state index < -0.39 is 0 Å². The van der Waals surface area contributed by atoms with Crippen molar-refractivity contribution in [3.8, 4) is 51.0 Å². The van der Waals surface area contributed by atoms with Crippen molar-refractivity contribution >= 4 is 65.7 Å². The molecule has 4 aromatic heterocycles. The highest BCUT2D eigenvalue weighted by Gasteiger charge is 2.19. The van der Waals surface area contributed by atoms with Crippen LogP contribution in [0.5, 0.6) is 0 Å². The van der Waals surface area contributed by atoms with Gasteiger partial charge in [0.05, 0.1) is 22.1 Å². The van der Waals surface area contributed by atoms with Crippen LogP contribution in [0.2, 0.25) is 0 Å². The van der Waals surface area contributed by atoms with Crippen molar-refractivity contribution in [2.45, 2.75) is 0 Å². The van der Waals surface area contributed by atoms with Gasteiger partial charge in [-0.15, -0.1) is 0 Å². The van der Waals surface area contributed by atoms with E-state index in [0.717, 1.165) is 77.4 Å². The second-order valence-electron chi connectivity index (χ2n) is 14.4. The number of hydrogen-bond acceptors (Lipinski definition) is 5. The van der Waals surface area contributed by atoms with Gasteiger partial charge in [-0.1, -0.05) is 115 Å². The lowest BCUT2D eigenvalue weighted by Crippen LogP contribution is -2.00. The first-order chi connectivity index (χ1) is 28.2. The van der Waals surface area contributed by atoms with Crippen molar-refractivity contribution in [1.29, 1.82) is 0 Å². The highest BCUT2D eigenvalue weighted by atomic mass is 16.3. The maximum absolute atomic E-state index is 6.62. The summed E-state index contributed by atoms with van der Waals surface area (Å²) in [5.74, 6) is 1.86. The summed E-state index contributed by atoms with van der Waals surface area (Å²) in [4.78, 5) is 14.8. The molecule has 0 saturated carbocycles. The van der Waals surface area contributed by atoms with Gasteiger partial charge in [-0.3, -0.25) is 0 Å². The molecule has 0 fully saturated rings. The Kier molecular flexibility index (Phi) is 6.83. The number of nitrogens with zero attached hydrogens (tertiary/aromatic N) is 4. The van der Waals surface area contributed by atoms with E-state index >= 15 is 0 Å². The van der Waals surface area contributed by atoms with Crippen LogP contribution >= 0.6 is 0 Å². The van der Waals surface area contributed by atoms with Gasteiger partial charge >= 0.3 is 0 Å². The summed E-state index contributed by atoms with van der Waals surface area (Å²) < 4.78 is 15.3. The summed E-state index contributed by atoms with van der Waals surface area (Å²) in [6.07, 6.45) is 0. The van der Waals surface area contributed by atoms with Crippen LogP contribution in [0.3, 0.4) is 0 Å². The van der Waals surface area contributed by atoms with Crippen LogP contribution in [0.15, 0.2) is 191 Å². The zero-order valence-electron chi connectivity index (χ0n) is 30.4. The Balaban J connectivity index is 0.978. The van der Waals surface area contributed by atoms with E-state index in [4.69, 9.17) is 23.8 Å². The van der Waals surface area contributed by atoms with Gasteiger partial charge in [0.15, 0.2) is 17.5 Å². The van der Waals surface area contributed by atoms with E-state index in [-0.39, 0.29) is 0 Å². The largest absolute Gasteiger partial charge is 0.456 e. The predicted octanol–water partition coefficient (Wildman–Crippen LogP) is 13.4. The molecule has 12 rings (SSSR count). The predicted molar refractivity (Wildman–Crippen MR) is 230 cm³/mol. The molecule has 6 nitrogen and oxygen atoms in total. The molecular formula is C51H30N4O2. The second kappa shape index (κ2) is 12.3. The number of aromatic nitrogens is 4. The lowest BCUT2D eigenvalue weighted by Gasteiger charge is -2.09. The van der Waals surface area contributed by atoms with E-state index in [9.17, 15) is 0 Å². The van der Waals surface area contributed by atoms with Gasteiger partial charge in [0.2, 0.25) is 0 Å². The fraction of sp³-hybridized carbons (Fsp3) is 0. The van der Waals surface area contributed by atoms with Gasteiger partial charge in [-0.05, 0) is 77.9 Å². The third kappa shape index (κ3) is 5.01. The van der Waals surface area contributed by atoms with E-state index in [1.165, 1.54) is 21.8 Å². The summed E-state index contributed by atoms with van der Waals surface area (Å²) in [6.45, 7) is 0. The monoisotopic (exact) mass is 730 g/mol. The van der Waals surface area contributed by atoms with Crippen LogP contribution in [0.1, 0.15) is 0 Å². The zero-order chi connectivity index (χ0) is 37.5. The molecule has 0 unspecified atom stereocenters. The molecule has 0 aliphatic carbocycles. The lowest BCUT2D eigenvalue weighted by atomic mass is 10.0. The van der Waals surface area contributed by atoms with Crippen LogP contribution in [0.25, 0.3) is 117 Å². The molecule has 0 aliphatic rings. The molecule has 0 spiro atoms. The zero-order valence-corrected chi connectivity index (χ0v) is 30.4. The minimum Gasteiger partial charge on any atom is -0.456 e. The lowest BCUT2D eigenvalue weighted by molar-refractivity contribution is 0.669. The van der Waals surface area contributed by atoms with Gasteiger partial charge in [-0.25, -0.2) is 15.0 Å². The van der Waals surface area contributed by atoms with Crippen molar-refractivity contribution in [1.82, 2.24) is 19.5 Å². The van der Waals surface area contributed by atoms with Gasteiger partial charge in [0, 0.05) is 43.6 Å². The fourth-order valence-electron chi connectivity index (χ4n) is 8.39. The van der Waals surface area contributed by atoms with Crippen molar-refractivity contribution < 1.29 is 8.83 Å². The molecule has 4 heterocycles. The Hall–Kier alpha value is -7.83. The molecule has 0 atom stereocenters. The fourth-order valence-corrected chi connectivity index (χ4v) is 8.39. The molecule has 0 aliphatic heterocycles. The number of benzene rings is 8. The number of hydrogen-bond donors (Lipinski definition) is 0. The van der Waals surface area contributed by atoms with E-state index in [0.29, 0.717) is 17.5 Å². The van der Waals surface area contributed by atoms with E-state index in [1.54, 1.807) is 0 Å². The third-order valence-electron chi connectivity index (χ3n) is 11.1. The number of furan rings is 2. The maximum atomic E-state index is 6.62. The quantitative estimate of drug-likeness (QED) is 0.176. The molecule has 12 aromatic rings. The highest BCUT2D eigenvalue weighted by molar-refractivity contribution is 6.15. The molecule has 8 aromatic carbocycles. The third-order valence-corrected chi connectivity index (χ3v) is 11.1. The van der Waals surface area contributed by atoms with Gasteiger partial charge in [0.1, 0.15) is 22.3 Å². The normalized spacial score (nSPS) is 11.9. The summed E-state index contributed by atoms with van der Waals surface area (Å²) >= 11 is 0. The van der Waals surface area contributed by atoms with Crippen LogP contribution in [-0.2, 0) is 0 Å². The van der Waals surface area contributed by atoms with Crippen molar-refractivity contribution in [3.63, 3.8) is 0 Å². The average Bonchev–Trinajstić information content (AvgIpc) is 3.95. The van der Waals surface area contributed by atoms with Crippen LogP contribution in [-0.4, -0.2) is 19.5 Å². The number of fused-ring (bicyclic) bond motifs is 9. The summed E-state index contributed by atoms with van der Waals surface area (Å²) in [7, 11) is 0. The number of rotatable bonds is 5. The minimum absolute atomic E-state index is 0.603. The number of para-hydroxylation sites is 2. The maximum Gasteiger partial charge on any atom is 0.164 e. The van der Waals surface area contributed by atoms with Gasteiger partial charge in [-0.2, -0.15) is 0 Å². The minimum atomic E-state index is 0.603. The van der Waals surface area contributed by atoms with Crippen LogP contribution in [0, 0.1) is 0 Å². The topological polar surface area (TPSA) is 69.9 Å². The Labute approximate surface area is 325 Å². The Morgan fingerprint density at radius 2 is 0.825 bits per heavy atom. The average molecular weight is 731 g/mol. The van der Waals surface area contributed by atoms with E-state index in [2.05, 4.69) is 114 Å². The highest BCUT2D eigenvalue weighted by Crippen LogP contribution is 2.41. The first-order valence-electron chi connectivity index (χ1n) is 19.0. The Bertz CT molecular complexity index is 3410. The smallest absolute Gasteiger partial charge is 0.164 e. The van der Waals surface area contributed by atoms with E-state index in [1.807, 2.05) is 72.8 Å². The Morgan fingerprint density at radius 3 is 1.47 bits per heavy atom. The first kappa shape index (κ1) is 31.5. The SMILES string of the molecule is c1ccc(-c2nc(-c3ccccc3)nc(-c3ccc4oc5ccc(-c6ccc7c(c6)oc6cccc(-n8c9ccccc9c9ccccc98)c67)cc5c4c3)n2)cc1. The van der Waals surface area contributed by atoms with Crippen molar-refractivity contribution in [2.24, 2.45) is 0 Å². The summed E-state index contributed by atoms with van der Waals surface area (Å²) in [5.41, 5.74) is 11.6. The molecule has 0 saturated heterocycles. The molecule has 0 amide bonds. The van der Waals surface area contributed by atoms with Crippen molar-refractivity contribution in [3.05, 3.63) is 182 Å². The van der Waals surface area contributed by atoms with Crippen LogP contribution in [0.4, 0.5) is 0 Å². The molecule has 57 heavy (non-hydrogen) atoms. The summed E-state index contributed by atoms with van der Waals surface area (Å²) in [6, 6.07) is 62.7. The molecule has 6 heteroatoms. The standard InChI is InChI=1S/C51H30N4O2/c1-3-12-31(13-4-1)49-52-50(32-14-5-2-6-15-32)54-51(53-49)35-24-27-45-40(29-35)39-28-33(23-26-44(39)56-45)34-22-25-38-47(30-34)57-46-21-11-20-43(48(38)46)55-41-18-9-7-16-36(41)37-17-8-10-19-42(37)55/h1-30H. The second-order valence-corrected chi connectivity index (χ2v) is 14.4. The molecule has 0 radical (unpaired) electrons. The molecule has 0 bridgehead atoms. The molecule has 266 valence electrons. The summed E-state index contributed by atoms with van der Waals surface area (Å²) in [5, 5.41) is 6.65. The van der Waals surface area contributed by atoms with Gasteiger partial charge < -0.3 is 13.4 Å². The first-order valence-corrected chi connectivity index (χ1v) is 19.0. The Morgan fingerprint density at radius 1 is 0.316 bits per heavy atom.